The average molecular weight is 370 g/mol. The quantitative estimate of drug-likeness (QED) is 0.799. The highest BCUT2D eigenvalue weighted by Crippen LogP contribution is 2.38. The third kappa shape index (κ3) is 3.84. The average Bonchev–Trinajstić information content (AvgIpc) is 3.14. The number of carbonyl (C=O) groups is 2. The summed E-state index contributed by atoms with van der Waals surface area (Å²) in [6.07, 6.45) is 2.92. The summed E-state index contributed by atoms with van der Waals surface area (Å²) in [4.78, 5) is 34.4. The number of para-hydroxylation sites is 1. The zero-order valence-electron chi connectivity index (χ0n) is 15.3. The van der Waals surface area contributed by atoms with Crippen LogP contribution in [0, 0.1) is 5.92 Å². The third-order valence-electron chi connectivity index (χ3n) is 4.70. The summed E-state index contributed by atoms with van der Waals surface area (Å²) in [6.45, 7) is 3.04. The van der Waals surface area contributed by atoms with E-state index in [1.165, 1.54) is 12.4 Å². The van der Waals surface area contributed by atoms with Gasteiger partial charge in [0.05, 0.1) is 18.6 Å². The van der Waals surface area contributed by atoms with Crippen LogP contribution in [-0.4, -0.2) is 58.6 Å². The van der Waals surface area contributed by atoms with E-state index in [0.29, 0.717) is 30.4 Å². The van der Waals surface area contributed by atoms with Gasteiger partial charge in [0.25, 0.3) is 5.91 Å². The largest absolute Gasteiger partial charge is 0.496 e. The predicted molar refractivity (Wildman–Crippen MR) is 99.0 cm³/mol. The van der Waals surface area contributed by atoms with E-state index in [2.05, 4.69) is 15.3 Å². The third-order valence-corrected chi connectivity index (χ3v) is 4.70. The van der Waals surface area contributed by atoms with E-state index in [0.717, 1.165) is 5.56 Å². The Bertz CT molecular complexity index is 825. The van der Waals surface area contributed by atoms with Crippen molar-refractivity contribution in [2.24, 2.45) is 5.92 Å². The standard InChI is InChI=1S/C19H22N4O4/c1-3-20-19-21-8-12(9-22-19)17(24)23-10-14(15(11-23)18(25)26)13-6-4-5-7-16(13)27-2/h4-9,14-15H,3,10-11H2,1-2H3,(H,25,26)(H,20,21,22)/t14-,15+/m1/s1. The van der Waals surface area contributed by atoms with Crippen molar-refractivity contribution in [2.75, 3.05) is 32.1 Å². The fourth-order valence-electron chi connectivity index (χ4n) is 3.38. The van der Waals surface area contributed by atoms with Gasteiger partial charge in [-0.3, -0.25) is 9.59 Å². The second-order valence-corrected chi connectivity index (χ2v) is 6.33. The Kier molecular flexibility index (Phi) is 5.54. The second kappa shape index (κ2) is 8.03. The molecule has 0 bridgehead atoms. The second-order valence-electron chi connectivity index (χ2n) is 6.33. The molecular formula is C19H22N4O4. The summed E-state index contributed by atoms with van der Waals surface area (Å²) in [5.74, 6) is -1.18. The molecular weight excluding hydrogens is 348 g/mol. The molecule has 1 saturated heterocycles. The maximum absolute atomic E-state index is 12.8. The number of anilines is 1. The lowest BCUT2D eigenvalue weighted by Gasteiger charge is -2.18. The Morgan fingerprint density at radius 3 is 2.59 bits per heavy atom. The van der Waals surface area contributed by atoms with Crippen molar-refractivity contribution in [3.8, 4) is 5.75 Å². The number of methoxy groups -OCH3 is 1. The molecule has 27 heavy (non-hydrogen) atoms. The topological polar surface area (TPSA) is 105 Å². The molecule has 8 nitrogen and oxygen atoms in total. The van der Waals surface area contributed by atoms with Gasteiger partial charge < -0.3 is 20.1 Å². The van der Waals surface area contributed by atoms with Crippen LogP contribution >= 0.6 is 0 Å². The summed E-state index contributed by atoms with van der Waals surface area (Å²) in [6, 6.07) is 7.32. The minimum atomic E-state index is -0.931. The molecule has 0 unspecified atom stereocenters. The number of aromatic nitrogens is 2. The lowest BCUT2D eigenvalue weighted by atomic mass is 9.88. The highest BCUT2D eigenvalue weighted by molar-refractivity contribution is 5.94. The molecule has 1 aliphatic rings. The van der Waals surface area contributed by atoms with Gasteiger partial charge in [0.15, 0.2) is 0 Å². The molecule has 2 aromatic rings. The van der Waals surface area contributed by atoms with E-state index in [1.807, 2.05) is 25.1 Å². The molecule has 8 heteroatoms. The zero-order chi connectivity index (χ0) is 19.4. The number of hydrogen-bond donors (Lipinski definition) is 2. The number of likely N-dealkylation sites (tertiary alicyclic amines) is 1. The summed E-state index contributed by atoms with van der Waals surface area (Å²) in [5.41, 5.74) is 1.13. The Labute approximate surface area is 157 Å². The molecule has 1 aliphatic heterocycles. The van der Waals surface area contributed by atoms with E-state index in [-0.39, 0.29) is 18.4 Å². The van der Waals surface area contributed by atoms with Crippen LogP contribution in [0.25, 0.3) is 0 Å². The fraction of sp³-hybridized carbons (Fsp3) is 0.368. The number of hydrogen-bond acceptors (Lipinski definition) is 6. The van der Waals surface area contributed by atoms with Crippen molar-refractivity contribution in [3.63, 3.8) is 0 Å². The van der Waals surface area contributed by atoms with E-state index < -0.39 is 11.9 Å². The Morgan fingerprint density at radius 2 is 1.96 bits per heavy atom. The first kappa shape index (κ1) is 18.6. The number of benzene rings is 1. The van der Waals surface area contributed by atoms with Crippen molar-refractivity contribution >= 4 is 17.8 Å². The van der Waals surface area contributed by atoms with Crippen LogP contribution in [0.3, 0.4) is 0 Å². The molecule has 1 fully saturated rings. The van der Waals surface area contributed by atoms with Gasteiger partial charge in [-0.05, 0) is 18.6 Å². The van der Waals surface area contributed by atoms with E-state index >= 15 is 0 Å². The fourth-order valence-corrected chi connectivity index (χ4v) is 3.38. The van der Waals surface area contributed by atoms with Crippen LogP contribution in [0.2, 0.25) is 0 Å². The molecule has 2 N–H and O–H groups in total. The first-order valence-electron chi connectivity index (χ1n) is 8.76. The number of carbonyl (C=O) groups excluding carboxylic acids is 1. The van der Waals surface area contributed by atoms with Crippen LogP contribution in [0.4, 0.5) is 5.95 Å². The number of carboxylic acids is 1. The van der Waals surface area contributed by atoms with Gasteiger partial charge in [-0.2, -0.15) is 0 Å². The molecule has 1 amide bonds. The van der Waals surface area contributed by atoms with Gasteiger partial charge in [0.1, 0.15) is 5.75 Å². The van der Waals surface area contributed by atoms with Gasteiger partial charge in [0, 0.05) is 37.9 Å². The number of nitrogens with one attached hydrogen (secondary N) is 1. The van der Waals surface area contributed by atoms with Crippen LogP contribution in [0.15, 0.2) is 36.7 Å². The van der Waals surface area contributed by atoms with Gasteiger partial charge in [-0.1, -0.05) is 18.2 Å². The minimum Gasteiger partial charge on any atom is -0.496 e. The van der Waals surface area contributed by atoms with Crippen molar-refractivity contribution in [1.82, 2.24) is 14.9 Å². The first-order valence-corrected chi connectivity index (χ1v) is 8.76. The zero-order valence-corrected chi connectivity index (χ0v) is 15.3. The van der Waals surface area contributed by atoms with Crippen molar-refractivity contribution in [2.45, 2.75) is 12.8 Å². The van der Waals surface area contributed by atoms with Crippen molar-refractivity contribution < 1.29 is 19.4 Å². The normalized spacial score (nSPS) is 19.0. The molecule has 142 valence electrons. The SMILES string of the molecule is CCNc1ncc(C(=O)N2C[C@H](C(=O)O)[C@@H](c3ccccc3OC)C2)cn1. The van der Waals surface area contributed by atoms with Gasteiger partial charge >= 0.3 is 5.97 Å². The summed E-state index contributed by atoms with van der Waals surface area (Å²) < 4.78 is 5.38. The summed E-state index contributed by atoms with van der Waals surface area (Å²) in [7, 11) is 1.55. The number of nitrogens with zero attached hydrogens (tertiary/aromatic N) is 3. The number of amides is 1. The molecule has 0 spiro atoms. The van der Waals surface area contributed by atoms with Crippen molar-refractivity contribution in [3.05, 3.63) is 47.8 Å². The highest BCUT2D eigenvalue weighted by Gasteiger charge is 2.41. The van der Waals surface area contributed by atoms with Crippen LogP contribution in [0.1, 0.15) is 28.8 Å². The van der Waals surface area contributed by atoms with Gasteiger partial charge in [-0.25, -0.2) is 9.97 Å². The number of carboxylic acid groups (broad SMARTS) is 1. The maximum atomic E-state index is 12.8. The molecule has 0 radical (unpaired) electrons. The monoisotopic (exact) mass is 370 g/mol. The predicted octanol–water partition coefficient (Wildman–Crippen LogP) is 1.86. The molecule has 0 saturated carbocycles. The lowest BCUT2D eigenvalue weighted by Crippen LogP contribution is -2.30. The Balaban J connectivity index is 1.83. The molecule has 1 aromatic heterocycles. The first-order chi connectivity index (χ1) is 13.0. The van der Waals surface area contributed by atoms with E-state index in [1.54, 1.807) is 18.1 Å². The molecule has 2 atom stereocenters. The van der Waals surface area contributed by atoms with Gasteiger partial charge in [-0.15, -0.1) is 0 Å². The summed E-state index contributed by atoms with van der Waals surface area (Å²) in [5, 5.41) is 12.6. The number of ether oxygens (including phenoxy) is 1. The molecule has 2 heterocycles. The maximum Gasteiger partial charge on any atom is 0.308 e. The summed E-state index contributed by atoms with van der Waals surface area (Å²) >= 11 is 0. The number of aliphatic carboxylic acids is 1. The van der Waals surface area contributed by atoms with Crippen LogP contribution < -0.4 is 10.1 Å². The van der Waals surface area contributed by atoms with Crippen LogP contribution in [-0.2, 0) is 4.79 Å². The molecule has 1 aromatic carbocycles. The van der Waals surface area contributed by atoms with Gasteiger partial charge in [0.2, 0.25) is 5.95 Å². The lowest BCUT2D eigenvalue weighted by molar-refractivity contribution is -0.141. The molecule has 3 rings (SSSR count). The van der Waals surface area contributed by atoms with Crippen LogP contribution in [0.5, 0.6) is 5.75 Å². The molecule has 0 aliphatic carbocycles. The number of rotatable bonds is 6. The Hall–Kier alpha value is -3.16. The highest BCUT2D eigenvalue weighted by atomic mass is 16.5. The van der Waals surface area contributed by atoms with E-state index in [9.17, 15) is 14.7 Å². The van der Waals surface area contributed by atoms with E-state index in [4.69, 9.17) is 4.74 Å². The van der Waals surface area contributed by atoms with Crippen molar-refractivity contribution in [1.29, 1.82) is 0 Å². The smallest absolute Gasteiger partial charge is 0.308 e. The minimum absolute atomic E-state index is 0.131. The Morgan fingerprint density at radius 1 is 1.26 bits per heavy atom.